The minimum Gasteiger partial charge on any atom is -0.456 e. The second-order valence-electron chi connectivity index (χ2n) is 9.44. The summed E-state index contributed by atoms with van der Waals surface area (Å²) in [5.41, 5.74) is 7.16. The Morgan fingerprint density at radius 2 is 1.26 bits per heavy atom. The molecular formula is C28H28O3. The molecule has 0 atom stereocenters. The summed E-state index contributed by atoms with van der Waals surface area (Å²) in [6.07, 6.45) is 0. The number of hydrogen-bond donors (Lipinski definition) is 0. The van der Waals surface area contributed by atoms with Crippen LogP contribution in [0, 0.1) is 13.8 Å². The van der Waals surface area contributed by atoms with E-state index >= 15 is 0 Å². The molecule has 3 aromatic carbocycles. The lowest BCUT2D eigenvalue weighted by Gasteiger charge is -2.38. The average molecular weight is 413 g/mol. The van der Waals surface area contributed by atoms with Gasteiger partial charge in [0.2, 0.25) is 0 Å². The van der Waals surface area contributed by atoms with Crippen LogP contribution in [0.2, 0.25) is 0 Å². The molecule has 2 aliphatic rings. The topological polar surface area (TPSA) is 35.5 Å². The Hall–Kier alpha value is -3.07. The summed E-state index contributed by atoms with van der Waals surface area (Å²) < 4.78 is 12.8. The van der Waals surface area contributed by atoms with Gasteiger partial charge in [-0.15, -0.1) is 0 Å². The molecular weight excluding hydrogens is 384 g/mol. The molecule has 3 aromatic rings. The number of esters is 1. The van der Waals surface area contributed by atoms with E-state index in [1.165, 1.54) is 22.3 Å². The molecule has 0 aromatic heterocycles. The second kappa shape index (κ2) is 6.71. The van der Waals surface area contributed by atoms with Crippen molar-refractivity contribution in [3.63, 3.8) is 0 Å². The van der Waals surface area contributed by atoms with Crippen molar-refractivity contribution in [2.24, 2.45) is 0 Å². The van der Waals surface area contributed by atoms with Crippen molar-refractivity contribution in [1.29, 1.82) is 0 Å². The molecule has 2 aliphatic heterocycles. The number of fused-ring (bicyclic) bond motifs is 6. The van der Waals surface area contributed by atoms with E-state index in [0.29, 0.717) is 17.4 Å². The largest absolute Gasteiger partial charge is 0.456 e. The van der Waals surface area contributed by atoms with E-state index in [2.05, 4.69) is 65.8 Å². The summed E-state index contributed by atoms with van der Waals surface area (Å²) in [6.45, 7) is 13.0. The summed E-state index contributed by atoms with van der Waals surface area (Å²) in [4.78, 5) is 13.0. The molecule has 0 saturated heterocycles. The van der Waals surface area contributed by atoms with Gasteiger partial charge in [0.15, 0.2) is 5.60 Å². The predicted octanol–water partition coefficient (Wildman–Crippen LogP) is 7.12. The van der Waals surface area contributed by atoms with Crippen molar-refractivity contribution in [2.45, 2.75) is 59.0 Å². The average Bonchev–Trinajstić information content (AvgIpc) is 3.02. The standard InChI is InChI=1S/C28H28O3/c1-15(2)20-13-25-23(11-17(20)5)28(22-10-8-7-9-19(22)27(29)31-28)24-12-18(6)21(16(3)4)14-26(24)30-25/h7-16H,1-6H3. The monoisotopic (exact) mass is 412 g/mol. The fraction of sp³-hybridized carbons (Fsp3) is 0.321. The maximum absolute atomic E-state index is 13.0. The number of ether oxygens (including phenoxy) is 2. The molecule has 0 unspecified atom stereocenters. The zero-order valence-corrected chi connectivity index (χ0v) is 19.0. The third-order valence-electron chi connectivity index (χ3n) is 6.73. The van der Waals surface area contributed by atoms with Crippen LogP contribution in [0.4, 0.5) is 0 Å². The van der Waals surface area contributed by atoms with Gasteiger partial charge >= 0.3 is 5.97 Å². The zero-order chi connectivity index (χ0) is 22.1. The number of carbonyl (C=O) groups excluding carboxylic acids is 1. The minimum atomic E-state index is -0.989. The Balaban J connectivity index is 1.88. The fourth-order valence-electron chi connectivity index (χ4n) is 5.25. The normalized spacial score (nSPS) is 15.5. The van der Waals surface area contributed by atoms with Crippen LogP contribution in [0.1, 0.15) is 88.8 Å². The van der Waals surface area contributed by atoms with Crippen molar-refractivity contribution in [2.75, 3.05) is 0 Å². The van der Waals surface area contributed by atoms with Crippen molar-refractivity contribution in [3.05, 3.63) is 93.0 Å². The number of hydrogen-bond acceptors (Lipinski definition) is 3. The van der Waals surface area contributed by atoms with Gasteiger partial charge in [0.1, 0.15) is 11.5 Å². The first kappa shape index (κ1) is 19.9. The lowest BCUT2D eigenvalue weighted by molar-refractivity contribution is 0.0223. The molecule has 0 bridgehead atoms. The highest BCUT2D eigenvalue weighted by Crippen LogP contribution is 2.57. The predicted molar refractivity (Wildman–Crippen MR) is 122 cm³/mol. The Kier molecular flexibility index (Phi) is 4.30. The third kappa shape index (κ3) is 2.69. The van der Waals surface area contributed by atoms with Crippen molar-refractivity contribution < 1.29 is 14.3 Å². The minimum absolute atomic E-state index is 0.287. The van der Waals surface area contributed by atoms with Crippen LogP contribution in [0.15, 0.2) is 48.5 Å². The maximum atomic E-state index is 13.0. The molecule has 158 valence electrons. The molecule has 0 saturated carbocycles. The van der Waals surface area contributed by atoms with E-state index in [9.17, 15) is 4.79 Å². The summed E-state index contributed by atoms with van der Waals surface area (Å²) in [7, 11) is 0. The number of rotatable bonds is 2. The molecule has 0 aliphatic carbocycles. The SMILES string of the molecule is Cc1cc2c(cc1C(C)C)Oc1cc(C(C)C)c(C)cc1C21OC(=O)c2ccccc21. The molecule has 31 heavy (non-hydrogen) atoms. The van der Waals surface area contributed by atoms with Gasteiger partial charge in [0, 0.05) is 16.7 Å². The van der Waals surface area contributed by atoms with E-state index < -0.39 is 5.60 Å². The van der Waals surface area contributed by atoms with Gasteiger partial charge < -0.3 is 9.47 Å². The second-order valence-corrected chi connectivity index (χ2v) is 9.44. The summed E-state index contributed by atoms with van der Waals surface area (Å²) in [5, 5.41) is 0. The van der Waals surface area contributed by atoms with Crippen LogP contribution in [0.5, 0.6) is 11.5 Å². The Bertz CT molecular complexity index is 1170. The molecule has 0 N–H and O–H groups in total. The highest BCUT2D eigenvalue weighted by atomic mass is 16.6. The van der Waals surface area contributed by atoms with Gasteiger partial charge in [-0.3, -0.25) is 0 Å². The summed E-state index contributed by atoms with van der Waals surface area (Å²) in [6, 6.07) is 16.3. The van der Waals surface area contributed by atoms with Crippen LogP contribution in [-0.4, -0.2) is 5.97 Å². The Labute approximate surface area is 184 Å². The van der Waals surface area contributed by atoms with Gasteiger partial charge in [-0.05, 0) is 78.3 Å². The summed E-state index contributed by atoms with van der Waals surface area (Å²) in [5.74, 6) is 1.99. The van der Waals surface area contributed by atoms with Gasteiger partial charge in [-0.25, -0.2) is 4.79 Å². The summed E-state index contributed by atoms with van der Waals surface area (Å²) >= 11 is 0. The number of benzene rings is 3. The lowest BCUT2D eigenvalue weighted by Crippen LogP contribution is -2.33. The zero-order valence-electron chi connectivity index (χ0n) is 19.0. The fourth-order valence-corrected chi connectivity index (χ4v) is 5.25. The third-order valence-corrected chi connectivity index (χ3v) is 6.73. The first-order chi connectivity index (χ1) is 14.7. The van der Waals surface area contributed by atoms with E-state index in [1.807, 2.05) is 24.3 Å². The van der Waals surface area contributed by atoms with E-state index in [0.717, 1.165) is 28.2 Å². The number of carbonyl (C=O) groups is 1. The Morgan fingerprint density at radius 3 is 1.77 bits per heavy atom. The van der Waals surface area contributed by atoms with E-state index in [-0.39, 0.29) is 5.97 Å². The molecule has 3 nitrogen and oxygen atoms in total. The van der Waals surface area contributed by atoms with Gasteiger partial charge in [0.25, 0.3) is 0 Å². The van der Waals surface area contributed by atoms with Crippen molar-refractivity contribution >= 4 is 5.97 Å². The van der Waals surface area contributed by atoms with Crippen LogP contribution < -0.4 is 4.74 Å². The van der Waals surface area contributed by atoms with Gasteiger partial charge in [-0.2, -0.15) is 0 Å². The van der Waals surface area contributed by atoms with Crippen LogP contribution in [0.3, 0.4) is 0 Å². The molecule has 2 heterocycles. The van der Waals surface area contributed by atoms with Gasteiger partial charge in [-0.1, -0.05) is 45.9 Å². The van der Waals surface area contributed by atoms with Crippen molar-refractivity contribution in [1.82, 2.24) is 0 Å². The maximum Gasteiger partial charge on any atom is 0.340 e. The molecule has 0 amide bonds. The van der Waals surface area contributed by atoms with E-state index in [4.69, 9.17) is 9.47 Å². The number of aryl methyl sites for hydroxylation is 2. The lowest BCUT2D eigenvalue weighted by atomic mass is 9.75. The smallest absolute Gasteiger partial charge is 0.340 e. The molecule has 5 rings (SSSR count). The first-order valence-electron chi connectivity index (χ1n) is 11.0. The quantitative estimate of drug-likeness (QED) is 0.420. The van der Waals surface area contributed by atoms with Gasteiger partial charge in [0.05, 0.1) is 5.56 Å². The highest BCUT2D eigenvalue weighted by molar-refractivity contribution is 5.97. The molecule has 1 spiro atoms. The molecule has 0 fully saturated rings. The molecule has 3 heteroatoms. The molecule has 0 radical (unpaired) electrons. The Morgan fingerprint density at radius 1 is 0.742 bits per heavy atom. The van der Waals surface area contributed by atoms with Crippen molar-refractivity contribution in [3.8, 4) is 11.5 Å². The van der Waals surface area contributed by atoms with E-state index in [1.54, 1.807) is 0 Å². The highest BCUT2D eigenvalue weighted by Gasteiger charge is 2.53. The van der Waals surface area contributed by atoms with Crippen LogP contribution in [-0.2, 0) is 10.3 Å². The van der Waals surface area contributed by atoms with Crippen LogP contribution in [0.25, 0.3) is 0 Å². The van der Waals surface area contributed by atoms with Crippen LogP contribution >= 0.6 is 0 Å². The first-order valence-corrected chi connectivity index (χ1v) is 11.0.